The van der Waals surface area contributed by atoms with Gasteiger partial charge in [-0.25, -0.2) is 0 Å². The lowest BCUT2D eigenvalue weighted by Crippen LogP contribution is -2.34. The Morgan fingerprint density at radius 1 is 1.43 bits per heavy atom. The van der Waals surface area contributed by atoms with Crippen molar-refractivity contribution < 1.29 is 17.9 Å². The quantitative estimate of drug-likeness (QED) is 0.767. The molecule has 1 aliphatic heterocycles. The molecule has 1 N–H and O–H groups in total. The summed E-state index contributed by atoms with van der Waals surface area (Å²) in [4.78, 5) is 0. The molecule has 2 unspecified atom stereocenters. The van der Waals surface area contributed by atoms with Crippen LogP contribution in [0.5, 0.6) is 0 Å². The third-order valence-corrected chi connectivity index (χ3v) is 2.48. The first-order chi connectivity index (χ1) is 6.53. The van der Waals surface area contributed by atoms with Gasteiger partial charge in [0.2, 0.25) is 0 Å². The molecule has 0 aromatic carbocycles. The van der Waals surface area contributed by atoms with Crippen LogP contribution in [0.15, 0.2) is 0 Å². The zero-order chi connectivity index (χ0) is 10.6. The van der Waals surface area contributed by atoms with Crippen LogP contribution in [0.25, 0.3) is 0 Å². The van der Waals surface area contributed by atoms with Crippen molar-refractivity contribution in [1.82, 2.24) is 5.32 Å². The van der Waals surface area contributed by atoms with Crippen molar-refractivity contribution in [2.45, 2.75) is 32.0 Å². The van der Waals surface area contributed by atoms with Gasteiger partial charge in [0.25, 0.3) is 0 Å². The maximum Gasteiger partial charge on any atom is 0.401 e. The number of alkyl halides is 3. The molecular formula is C9H16F3NO. The van der Waals surface area contributed by atoms with Gasteiger partial charge in [0.1, 0.15) is 0 Å². The fourth-order valence-electron chi connectivity index (χ4n) is 1.78. The molecule has 1 heterocycles. The van der Waals surface area contributed by atoms with E-state index in [0.29, 0.717) is 13.2 Å². The number of halogens is 3. The van der Waals surface area contributed by atoms with Crippen molar-refractivity contribution in [2.24, 2.45) is 5.92 Å². The minimum atomic E-state index is -4.11. The van der Waals surface area contributed by atoms with E-state index in [2.05, 4.69) is 5.32 Å². The number of hydrogen-bond donors (Lipinski definition) is 1. The monoisotopic (exact) mass is 211 g/mol. The van der Waals surface area contributed by atoms with Crippen LogP contribution in [0, 0.1) is 5.92 Å². The van der Waals surface area contributed by atoms with E-state index >= 15 is 0 Å². The van der Waals surface area contributed by atoms with E-state index < -0.39 is 12.7 Å². The fraction of sp³-hybridized carbons (Fsp3) is 1.00. The summed E-state index contributed by atoms with van der Waals surface area (Å²) in [6, 6.07) is 0. The van der Waals surface area contributed by atoms with Crippen LogP contribution in [0.1, 0.15) is 19.8 Å². The normalized spacial score (nSPS) is 28.3. The minimum absolute atomic E-state index is 0.135. The van der Waals surface area contributed by atoms with Crippen LogP contribution in [-0.2, 0) is 4.74 Å². The highest BCUT2D eigenvalue weighted by Crippen LogP contribution is 2.22. The summed E-state index contributed by atoms with van der Waals surface area (Å²) < 4.78 is 40.8. The van der Waals surface area contributed by atoms with E-state index in [1.807, 2.05) is 6.92 Å². The Kier molecular flexibility index (Phi) is 4.19. The molecule has 1 saturated heterocycles. The Bertz CT molecular complexity index is 172. The maximum atomic E-state index is 11.8. The maximum absolute atomic E-state index is 11.8. The molecule has 0 aromatic heterocycles. The van der Waals surface area contributed by atoms with Crippen LogP contribution in [-0.4, -0.2) is 32.0 Å². The summed E-state index contributed by atoms with van der Waals surface area (Å²) in [5.41, 5.74) is 0. The average molecular weight is 211 g/mol. The molecule has 0 aromatic rings. The third kappa shape index (κ3) is 3.84. The summed E-state index contributed by atoms with van der Waals surface area (Å²) in [6.07, 6.45) is -2.24. The molecule has 2 nitrogen and oxygen atoms in total. The van der Waals surface area contributed by atoms with Gasteiger partial charge in [-0.3, -0.25) is 0 Å². The van der Waals surface area contributed by atoms with E-state index in [0.717, 1.165) is 12.8 Å². The molecule has 1 fully saturated rings. The number of ether oxygens (including phenoxy) is 1. The molecule has 2 atom stereocenters. The highest BCUT2D eigenvalue weighted by Gasteiger charge is 2.30. The fourth-order valence-corrected chi connectivity index (χ4v) is 1.78. The predicted molar refractivity (Wildman–Crippen MR) is 47.1 cm³/mol. The van der Waals surface area contributed by atoms with Crippen molar-refractivity contribution in [3.63, 3.8) is 0 Å². The van der Waals surface area contributed by atoms with Crippen LogP contribution >= 0.6 is 0 Å². The lowest BCUT2D eigenvalue weighted by atomic mass is 10.00. The number of rotatable bonds is 4. The molecule has 14 heavy (non-hydrogen) atoms. The lowest BCUT2D eigenvalue weighted by molar-refractivity contribution is -0.125. The van der Waals surface area contributed by atoms with Crippen molar-refractivity contribution in [2.75, 3.05) is 19.7 Å². The van der Waals surface area contributed by atoms with Crippen LogP contribution in [0.4, 0.5) is 13.2 Å². The molecule has 84 valence electrons. The number of hydrogen-bond acceptors (Lipinski definition) is 2. The third-order valence-electron chi connectivity index (χ3n) is 2.48. The Labute approximate surface area is 81.8 Å². The van der Waals surface area contributed by atoms with Gasteiger partial charge in [0.05, 0.1) is 12.6 Å². The van der Waals surface area contributed by atoms with Gasteiger partial charge < -0.3 is 10.1 Å². The summed E-state index contributed by atoms with van der Waals surface area (Å²) in [5, 5.41) is 2.43. The van der Waals surface area contributed by atoms with Crippen molar-refractivity contribution in [3.8, 4) is 0 Å². The highest BCUT2D eigenvalue weighted by atomic mass is 19.4. The van der Waals surface area contributed by atoms with Gasteiger partial charge in [-0.2, -0.15) is 13.2 Å². The highest BCUT2D eigenvalue weighted by molar-refractivity contribution is 4.77. The van der Waals surface area contributed by atoms with Crippen LogP contribution in [0.3, 0.4) is 0 Å². The van der Waals surface area contributed by atoms with Crippen molar-refractivity contribution >= 4 is 0 Å². The largest absolute Gasteiger partial charge is 0.401 e. The molecule has 1 rings (SSSR count). The minimum Gasteiger partial charge on any atom is -0.378 e. The smallest absolute Gasteiger partial charge is 0.378 e. The van der Waals surface area contributed by atoms with E-state index in [1.165, 1.54) is 0 Å². The second kappa shape index (κ2) is 4.98. The average Bonchev–Trinajstić information content (AvgIpc) is 2.49. The second-order valence-corrected chi connectivity index (χ2v) is 3.61. The van der Waals surface area contributed by atoms with Gasteiger partial charge in [0, 0.05) is 13.2 Å². The van der Waals surface area contributed by atoms with Crippen molar-refractivity contribution in [1.29, 1.82) is 0 Å². The van der Waals surface area contributed by atoms with Gasteiger partial charge in [-0.1, -0.05) is 6.92 Å². The molecular weight excluding hydrogens is 195 g/mol. The first-order valence-electron chi connectivity index (χ1n) is 4.92. The Morgan fingerprint density at radius 3 is 2.71 bits per heavy atom. The van der Waals surface area contributed by atoms with E-state index in [9.17, 15) is 13.2 Å². The van der Waals surface area contributed by atoms with Gasteiger partial charge in [-0.15, -0.1) is 0 Å². The van der Waals surface area contributed by atoms with E-state index in [1.54, 1.807) is 0 Å². The Morgan fingerprint density at radius 2 is 2.14 bits per heavy atom. The zero-order valence-corrected chi connectivity index (χ0v) is 8.23. The molecule has 0 bridgehead atoms. The van der Waals surface area contributed by atoms with Crippen LogP contribution < -0.4 is 5.32 Å². The Hall–Kier alpha value is -0.290. The van der Waals surface area contributed by atoms with Gasteiger partial charge in [-0.05, 0) is 18.8 Å². The van der Waals surface area contributed by atoms with Crippen LogP contribution in [0.2, 0.25) is 0 Å². The summed E-state index contributed by atoms with van der Waals surface area (Å²) in [5.74, 6) is 0.238. The summed E-state index contributed by atoms with van der Waals surface area (Å²) in [7, 11) is 0. The SMILES string of the molecule is CCC1OCCC1CNCC(F)(F)F. The molecule has 0 radical (unpaired) electrons. The topological polar surface area (TPSA) is 21.3 Å². The van der Waals surface area contributed by atoms with E-state index in [-0.39, 0.29) is 12.0 Å². The number of nitrogens with one attached hydrogen (secondary N) is 1. The first kappa shape index (κ1) is 11.8. The van der Waals surface area contributed by atoms with E-state index in [4.69, 9.17) is 4.74 Å². The van der Waals surface area contributed by atoms with Gasteiger partial charge in [0.15, 0.2) is 0 Å². The molecule has 0 amide bonds. The summed E-state index contributed by atoms with van der Waals surface area (Å²) >= 11 is 0. The lowest BCUT2D eigenvalue weighted by Gasteiger charge is -2.17. The van der Waals surface area contributed by atoms with Gasteiger partial charge >= 0.3 is 6.18 Å². The molecule has 0 saturated carbocycles. The molecule has 1 aliphatic rings. The summed E-state index contributed by atoms with van der Waals surface area (Å²) in [6.45, 7) is 2.17. The van der Waals surface area contributed by atoms with Crippen molar-refractivity contribution in [3.05, 3.63) is 0 Å². The standard InChI is InChI=1S/C9H16F3NO/c1-2-8-7(3-4-14-8)5-13-6-9(10,11)12/h7-8,13H,2-6H2,1H3. The predicted octanol–water partition coefficient (Wildman–Crippen LogP) is 1.95. The molecule has 0 spiro atoms. The Balaban J connectivity index is 2.18. The molecule has 5 heteroatoms. The second-order valence-electron chi connectivity index (χ2n) is 3.61. The zero-order valence-electron chi connectivity index (χ0n) is 8.23. The molecule has 0 aliphatic carbocycles. The first-order valence-corrected chi connectivity index (χ1v) is 4.92.